The number of hydrogen-bond donors (Lipinski definition) is 3. The van der Waals surface area contributed by atoms with Gasteiger partial charge in [0, 0.05) is 44.2 Å². The molecule has 1 aliphatic rings. The molecule has 1 amide bonds. The van der Waals surface area contributed by atoms with Crippen molar-refractivity contribution >= 4 is 23.6 Å². The molecule has 214 valence electrons. The lowest BCUT2D eigenvalue weighted by Crippen LogP contribution is -2.31. The molecule has 3 aromatic rings. The molecule has 0 spiro atoms. The molecule has 2 heterocycles. The van der Waals surface area contributed by atoms with E-state index in [-0.39, 0.29) is 31.1 Å². The third-order valence-corrected chi connectivity index (χ3v) is 7.77. The number of unbranched alkanes of at least 4 members (excludes halogenated alkanes) is 2. The smallest absolute Gasteiger partial charge is 0.303 e. The van der Waals surface area contributed by atoms with E-state index >= 15 is 0 Å². The number of tetrazole rings is 1. The SMILES string of the molecule is Cn1nnnc1SC[C@@H]1C[C@H](c2ccc(CO)cc2)O[C@H](c2ccc(CNC(=O)CCCCCC(=O)O)cc2)O1. The van der Waals surface area contributed by atoms with Crippen molar-refractivity contribution in [1.29, 1.82) is 0 Å². The summed E-state index contributed by atoms with van der Waals surface area (Å²) in [4.78, 5) is 22.7. The highest BCUT2D eigenvalue weighted by molar-refractivity contribution is 7.99. The summed E-state index contributed by atoms with van der Waals surface area (Å²) < 4.78 is 14.4. The highest BCUT2D eigenvalue weighted by Gasteiger charge is 2.32. The second-order valence-corrected chi connectivity index (χ2v) is 10.7. The summed E-state index contributed by atoms with van der Waals surface area (Å²) in [6.07, 6.45) is 2.27. The lowest BCUT2D eigenvalue weighted by atomic mass is 10.0. The number of nitrogens with zero attached hydrogens (tertiary/aromatic N) is 4. The molecule has 40 heavy (non-hydrogen) atoms. The number of nitrogens with one attached hydrogen (secondary N) is 1. The number of aliphatic hydroxyl groups excluding tert-OH is 1. The molecule has 0 aliphatic carbocycles. The summed E-state index contributed by atoms with van der Waals surface area (Å²) in [5.74, 6) is -0.204. The van der Waals surface area contributed by atoms with Crippen LogP contribution in [0.15, 0.2) is 53.7 Å². The van der Waals surface area contributed by atoms with Crippen LogP contribution in [0.4, 0.5) is 0 Å². The Balaban J connectivity index is 1.35. The minimum atomic E-state index is -0.807. The molecule has 1 aliphatic heterocycles. The quantitative estimate of drug-likeness (QED) is 0.194. The van der Waals surface area contributed by atoms with Crippen molar-refractivity contribution in [2.75, 3.05) is 5.75 Å². The molecule has 0 bridgehead atoms. The Labute approximate surface area is 237 Å². The first-order valence-electron chi connectivity index (χ1n) is 13.3. The van der Waals surface area contributed by atoms with E-state index in [1.54, 1.807) is 11.7 Å². The van der Waals surface area contributed by atoms with Crippen molar-refractivity contribution < 1.29 is 29.3 Å². The Morgan fingerprint density at radius 3 is 2.38 bits per heavy atom. The Kier molecular flexibility index (Phi) is 11.0. The first-order valence-corrected chi connectivity index (χ1v) is 14.3. The van der Waals surface area contributed by atoms with Gasteiger partial charge in [-0.2, -0.15) is 0 Å². The Morgan fingerprint density at radius 1 is 1.00 bits per heavy atom. The van der Waals surface area contributed by atoms with Crippen LogP contribution in [0.5, 0.6) is 0 Å². The van der Waals surface area contributed by atoms with E-state index in [1.165, 1.54) is 11.8 Å². The monoisotopic (exact) mass is 569 g/mol. The highest BCUT2D eigenvalue weighted by Crippen LogP contribution is 2.39. The molecule has 0 radical (unpaired) electrons. The van der Waals surface area contributed by atoms with Crippen molar-refractivity contribution in [3.05, 3.63) is 70.8 Å². The predicted molar refractivity (Wildman–Crippen MR) is 147 cm³/mol. The van der Waals surface area contributed by atoms with E-state index in [4.69, 9.17) is 14.6 Å². The zero-order valence-corrected chi connectivity index (χ0v) is 23.3. The third kappa shape index (κ3) is 8.85. The fourth-order valence-corrected chi connectivity index (χ4v) is 5.22. The van der Waals surface area contributed by atoms with Gasteiger partial charge < -0.3 is 25.0 Å². The van der Waals surface area contributed by atoms with Gasteiger partial charge >= 0.3 is 5.97 Å². The lowest BCUT2D eigenvalue weighted by Gasteiger charge is -2.36. The average molecular weight is 570 g/mol. The number of benzene rings is 2. The average Bonchev–Trinajstić information content (AvgIpc) is 3.39. The number of carbonyl (C=O) groups excluding carboxylic acids is 1. The molecule has 2 aromatic carbocycles. The van der Waals surface area contributed by atoms with Crippen LogP contribution >= 0.6 is 11.8 Å². The number of aromatic nitrogens is 4. The van der Waals surface area contributed by atoms with Crippen molar-refractivity contribution in [1.82, 2.24) is 25.5 Å². The molecule has 11 nitrogen and oxygen atoms in total. The van der Waals surface area contributed by atoms with Gasteiger partial charge in [0.15, 0.2) is 6.29 Å². The summed E-state index contributed by atoms with van der Waals surface area (Å²) >= 11 is 1.53. The summed E-state index contributed by atoms with van der Waals surface area (Å²) in [5, 5.41) is 33.4. The van der Waals surface area contributed by atoms with Gasteiger partial charge in [-0.1, -0.05) is 66.7 Å². The number of rotatable bonds is 14. The second-order valence-electron chi connectivity index (χ2n) is 9.72. The number of aryl methyl sites for hydroxylation is 1. The van der Waals surface area contributed by atoms with Gasteiger partial charge in [0.05, 0.1) is 18.8 Å². The maximum absolute atomic E-state index is 12.1. The Morgan fingerprint density at radius 2 is 1.70 bits per heavy atom. The number of hydrogen-bond acceptors (Lipinski definition) is 9. The lowest BCUT2D eigenvalue weighted by molar-refractivity contribution is -0.245. The van der Waals surface area contributed by atoms with Crippen LogP contribution in [0, 0.1) is 0 Å². The number of carbonyl (C=O) groups is 2. The summed E-state index contributed by atoms with van der Waals surface area (Å²) in [6.45, 7) is 0.396. The van der Waals surface area contributed by atoms with E-state index < -0.39 is 12.3 Å². The first-order chi connectivity index (χ1) is 19.4. The molecule has 0 saturated carbocycles. The highest BCUT2D eigenvalue weighted by atomic mass is 32.2. The minimum Gasteiger partial charge on any atom is -0.481 e. The van der Waals surface area contributed by atoms with Crippen LogP contribution < -0.4 is 5.32 Å². The van der Waals surface area contributed by atoms with Crippen molar-refractivity contribution in [3.8, 4) is 0 Å². The normalized spacial score (nSPS) is 18.9. The fourth-order valence-electron chi connectivity index (χ4n) is 4.35. The van der Waals surface area contributed by atoms with Gasteiger partial charge in [0.1, 0.15) is 0 Å². The molecule has 4 rings (SSSR count). The third-order valence-electron chi connectivity index (χ3n) is 6.63. The van der Waals surface area contributed by atoms with E-state index in [1.807, 2.05) is 48.5 Å². The molecule has 3 atom stereocenters. The van der Waals surface area contributed by atoms with E-state index in [9.17, 15) is 14.7 Å². The van der Waals surface area contributed by atoms with Crippen molar-refractivity contribution in [2.45, 2.75) is 75.3 Å². The predicted octanol–water partition coefficient (Wildman–Crippen LogP) is 3.69. The van der Waals surface area contributed by atoms with E-state index in [2.05, 4.69) is 20.8 Å². The molecule has 3 N–H and O–H groups in total. The molecule has 1 saturated heterocycles. The van der Waals surface area contributed by atoms with Gasteiger partial charge in [-0.05, 0) is 40.0 Å². The second kappa shape index (κ2) is 14.9. The number of ether oxygens (including phenoxy) is 2. The van der Waals surface area contributed by atoms with Gasteiger partial charge in [0.25, 0.3) is 0 Å². The van der Waals surface area contributed by atoms with Gasteiger partial charge in [-0.3, -0.25) is 9.59 Å². The van der Waals surface area contributed by atoms with Gasteiger partial charge in [0.2, 0.25) is 11.1 Å². The van der Waals surface area contributed by atoms with E-state index in [0.717, 1.165) is 28.7 Å². The number of amides is 1. The Bertz CT molecular complexity index is 1240. The van der Waals surface area contributed by atoms with Crippen LogP contribution in [0.3, 0.4) is 0 Å². The number of carboxylic acid groups (broad SMARTS) is 1. The topological polar surface area (TPSA) is 149 Å². The number of aliphatic hydroxyl groups is 1. The van der Waals surface area contributed by atoms with Crippen molar-refractivity contribution in [3.63, 3.8) is 0 Å². The van der Waals surface area contributed by atoms with Crippen LogP contribution in [0.1, 0.15) is 73.2 Å². The molecule has 12 heteroatoms. The van der Waals surface area contributed by atoms with Crippen LogP contribution in [0.2, 0.25) is 0 Å². The summed E-state index contributed by atoms with van der Waals surface area (Å²) in [6, 6.07) is 15.6. The van der Waals surface area contributed by atoms with Crippen LogP contribution in [-0.4, -0.2) is 54.2 Å². The van der Waals surface area contributed by atoms with E-state index in [0.29, 0.717) is 43.1 Å². The van der Waals surface area contributed by atoms with Gasteiger partial charge in [-0.15, -0.1) is 5.10 Å². The summed E-state index contributed by atoms with van der Waals surface area (Å²) in [7, 11) is 1.80. The summed E-state index contributed by atoms with van der Waals surface area (Å²) in [5.41, 5.74) is 3.69. The zero-order chi connectivity index (χ0) is 28.3. The molecular formula is C28H35N5O6S. The first kappa shape index (κ1) is 29.7. The number of carboxylic acids is 1. The standard InChI is InChI=1S/C28H35N5O6S/c1-33-28(30-31-32-33)40-18-23-15-24(21-11-9-20(17-34)10-12-21)39-27(38-23)22-13-7-19(8-14-22)16-29-25(35)5-3-2-4-6-26(36)37/h7-14,23-24,27,34H,2-6,15-18H2,1H3,(H,29,35)(H,36,37)/t23-,24+,27+/m0/s1. The maximum Gasteiger partial charge on any atom is 0.303 e. The molecule has 1 fully saturated rings. The molecular weight excluding hydrogens is 534 g/mol. The number of thioether (sulfide) groups is 1. The van der Waals surface area contributed by atoms with Crippen LogP contribution in [-0.2, 0) is 39.3 Å². The molecule has 1 aromatic heterocycles. The van der Waals surface area contributed by atoms with Crippen molar-refractivity contribution in [2.24, 2.45) is 7.05 Å². The zero-order valence-electron chi connectivity index (χ0n) is 22.4. The largest absolute Gasteiger partial charge is 0.481 e. The number of aliphatic carboxylic acids is 1. The minimum absolute atomic E-state index is 0.0118. The van der Waals surface area contributed by atoms with Gasteiger partial charge in [-0.25, -0.2) is 4.68 Å². The van der Waals surface area contributed by atoms with Crippen LogP contribution in [0.25, 0.3) is 0 Å². The fraction of sp³-hybridized carbons (Fsp3) is 0.464. The molecule has 0 unspecified atom stereocenters. The maximum atomic E-state index is 12.1. The Hall–Kier alpha value is -3.32.